The molecule has 15 heavy (non-hydrogen) atoms. The molecule has 0 aromatic rings. The molecule has 0 rings (SSSR count). The van der Waals surface area contributed by atoms with Gasteiger partial charge in [-0.15, -0.1) is 0 Å². The fraction of sp³-hybridized carbons (Fsp3) is 0.909. The maximum atomic E-state index is 11.5. The number of nitrogens with two attached hydrogens (primary N) is 1. The van der Waals surface area contributed by atoms with Gasteiger partial charge in [-0.05, 0) is 18.8 Å². The molecule has 1 amide bonds. The van der Waals surface area contributed by atoms with Crippen molar-refractivity contribution in [1.82, 2.24) is 5.32 Å². The van der Waals surface area contributed by atoms with Crippen LogP contribution in [0.25, 0.3) is 0 Å². The molecule has 0 aliphatic rings. The lowest BCUT2D eigenvalue weighted by molar-refractivity contribution is -0.123. The molecule has 0 aromatic heterocycles. The summed E-state index contributed by atoms with van der Waals surface area (Å²) in [7, 11) is 0. The van der Waals surface area contributed by atoms with Crippen LogP contribution in [-0.4, -0.2) is 29.7 Å². The van der Waals surface area contributed by atoms with Gasteiger partial charge < -0.3 is 16.2 Å². The molecule has 0 bridgehead atoms. The average Bonchev–Trinajstić information content (AvgIpc) is 2.26. The number of aliphatic hydroxyl groups is 1. The van der Waals surface area contributed by atoms with Gasteiger partial charge in [0, 0.05) is 6.54 Å². The summed E-state index contributed by atoms with van der Waals surface area (Å²) in [5, 5.41) is 12.0. The van der Waals surface area contributed by atoms with E-state index in [1.54, 1.807) is 0 Å². The number of nitrogens with one attached hydrogen (secondary N) is 1. The van der Waals surface area contributed by atoms with E-state index in [0.29, 0.717) is 19.4 Å². The first kappa shape index (κ1) is 14.4. The Morgan fingerprint density at radius 1 is 1.40 bits per heavy atom. The van der Waals surface area contributed by atoms with E-state index in [1.807, 2.05) is 20.8 Å². The first-order chi connectivity index (χ1) is 7.02. The van der Waals surface area contributed by atoms with Crippen LogP contribution in [0.15, 0.2) is 0 Å². The molecule has 4 N–H and O–H groups in total. The lowest BCUT2D eigenvalue weighted by atomic mass is 9.99. The Balaban J connectivity index is 3.74. The number of carbonyl (C=O) groups excluding carboxylic acids is 1. The van der Waals surface area contributed by atoms with Crippen LogP contribution in [0, 0.1) is 5.92 Å². The van der Waals surface area contributed by atoms with Gasteiger partial charge in [0.05, 0.1) is 12.1 Å². The van der Waals surface area contributed by atoms with Gasteiger partial charge in [0.2, 0.25) is 5.91 Å². The number of carbonyl (C=O) groups is 1. The zero-order chi connectivity index (χ0) is 11.8. The van der Waals surface area contributed by atoms with E-state index in [1.165, 1.54) is 0 Å². The molecule has 0 aliphatic heterocycles. The fourth-order valence-electron chi connectivity index (χ4n) is 1.20. The van der Waals surface area contributed by atoms with Crippen molar-refractivity contribution in [3.05, 3.63) is 0 Å². The van der Waals surface area contributed by atoms with Crippen LogP contribution < -0.4 is 11.1 Å². The van der Waals surface area contributed by atoms with E-state index < -0.39 is 6.04 Å². The molecule has 0 heterocycles. The lowest BCUT2D eigenvalue weighted by Crippen LogP contribution is -2.45. The van der Waals surface area contributed by atoms with E-state index in [4.69, 9.17) is 5.73 Å². The molecule has 90 valence electrons. The minimum atomic E-state index is -0.436. The highest BCUT2D eigenvalue weighted by molar-refractivity contribution is 5.81. The molecule has 0 saturated heterocycles. The van der Waals surface area contributed by atoms with Crippen LogP contribution in [0.3, 0.4) is 0 Å². The van der Waals surface area contributed by atoms with Gasteiger partial charge in [0.1, 0.15) is 0 Å². The van der Waals surface area contributed by atoms with E-state index in [9.17, 15) is 9.90 Å². The van der Waals surface area contributed by atoms with Crippen LogP contribution in [0.2, 0.25) is 0 Å². The van der Waals surface area contributed by atoms with Crippen molar-refractivity contribution < 1.29 is 9.90 Å². The highest BCUT2D eigenvalue weighted by Gasteiger charge is 2.18. The molecule has 0 fully saturated rings. The van der Waals surface area contributed by atoms with Crippen molar-refractivity contribution in [2.75, 3.05) is 6.54 Å². The van der Waals surface area contributed by atoms with Crippen LogP contribution in [0.1, 0.15) is 40.0 Å². The Hall–Kier alpha value is -0.610. The molecule has 0 saturated carbocycles. The van der Waals surface area contributed by atoms with Crippen molar-refractivity contribution in [3.8, 4) is 0 Å². The third-order valence-electron chi connectivity index (χ3n) is 2.81. The van der Waals surface area contributed by atoms with Crippen LogP contribution in [-0.2, 0) is 4.79 Å². The number of aliphatic hydroxyl groups excluding tert-OH is 1. The van der Waals surface area contributed by atoms with E-state index in [2.05, 4.69) is 5.32 Å². The first-order valence-corrected chi connectivity index (χ1v) is 5.74. The molecule has 3 atom stereocenters. The second-order valence-electron chi connectivity index (χ2n) is 4.05. The monoisotopic (exact) mass is 216 g/mol. The van der Waals surface area contributed by atoms with E-state index in [0.717, 1.165) is 6.42 Å². The molecule has 0 aliphatic carbocycles. The Morgan fingerprint density at radius 3 is 2.47 bits per heavy atom. The number of rotatable bonds is 7. The van der Waals surface area contributed by atoms with Gasteiger partial charge in [-0.1, -0.05) is 27.2 Å². The first-order valence-electron chi connectivity index (χ1n) is 5.74. The Morgan fingerprint density at radius 2 is 2.00 bits per heavy atom. The summed E-state index contributed by atoms with van der Waals surface area (Å²) in [6, 6.07) is -0.436. The number of hydrogen-bond donors (Lipinski definition) is 3. The summed E-state index contributed by atoms with van der Waals surface area (Å²) in [4.78, 5) is 11.5. The van der Waals surface area contributed by atoms with Crippen molar-refractivity contribution in [2.45, 2.75) is 52.2 Å². The number of amides is 1. The summed E-state index contributed by atoms with van der Waals surface area (Å²) in [6.07, 6.45) is 1.87. The summed E-state index contributed by atoms with van der Waals surface area (Å²) in [5.41, 5.74) is 5.75. The standard InChI is InChI=1S/C11H24N2O2/c1-4-8(3)10(12)11(15)13-7-6-9(14)5-2/h8-10,14H,4-7,12H2,1-3H3,(H,13,15)/t8?,9?,10-/m0/s1. The maximum absolute atomic E-state index is 11.5. The molecule has 0 spiro atoms. The normalized spacial score (nSPS) is 16.9. The summed E-state index contributed by atoms with van der Waals surface area (Å²) >= 11 is 0. The van der Waals surface area contributed by atoms with Crippen LogP contribution in [0.4, 0.5) is 0 Å². The summed E-state index contributed by atoms with van der Waals surface area (Å²) in [5.74, 6) is 0.0775. The second kappa shape index (κ2) is 7.65. The zero-order valence-corrected chi connectivity index (χ0v) is 9.99. The third kappa shape index (κ3) is 5.74. The topological polar surface area (TPSA) is 75.3 Å². The smallest absolute Gasteiger partial charge is 0.237 e. The highest BCUT2D eigenvalue weighted by Crippen LogP contribution is 2.05. The predicted molar refractivity (Wildman–Crippen MR) is 61.4 cm³/mol. The molecule has 2 unspecified atom stereocenters. The molecule has 4 nitrogen and oxygen atoms in total. The molecular weight excluding hydrogens is 192 g/mol. The van der Waals surface area contributed by atoms with E-state index >= 15 is 0 Å². The molecule has 4 heteroatoms. The minimum Gasteiger partial charge on any atom is -0.393 e. The van der Waals surface area contributed by atoms with Gasteiger partial charge >= 0.3 is 0 Å². The van der Waals surface area contributed by atoms with Crippen molar-refractivity contribution in [1.29, 1.82) is 0 Å². The second-order valence-corrected chi connectivity index (χ2v) is 4.05. The van der Waals surface area contributed by atoms with Crippen LogP contribution in [0.5, 0.6) is 0 Å². The van der Waals surface area contributed by atoms with Gasteiger partial charge in [0.15, 0.2) is 0 Å². The largest absolute Gasteiger partial charge is 0.393 e. The Labute approximate surface area is 92.2 Å². The molecule has 0 aromatic carbocycles. The van der Waals surface area contributed by atoms with Gasteiger partial charge in [0.25, 0.3) is 0 Å². The predicted octanol–water partition coefficient (Wildman–Crippen LogP) is 0.637. The van der Waals surface area contributed by atoms with Crippen molar-refractivity contribution in [2.24, 2.45) is 11.7 Å². The van der Waals surface area contributed by atoms with Gasteiger partial charge in [-0.3, -0.25) is 4.79 Å². The van der Waals surface area contributed by atoms with Crippen molar-refractivity contribution >= 4 is 5.91 Å². The Bertz CT molecular complexity index is 185. The maximum Gasteiger partial charge on any atom is 0.237 e. The third-order valence-corrected chi connectivity index (χ3v) is 2.81. The van der Waals surface area contributed by atoms with Gasteiger partial charge in [-0.25, -0.2) is 0 Å². The zero-order valence-electron chi connectivity index (χ0n) is 9.99. The minimum absolute atomic E-state index is 0.118. The molecule has 0 radical (unpaired) electrons. The van der Waals surface area contributed by atoms with Crippen LogP contribution >= 0.6 is 0 Å². The summed E-state index contributed by atoms with van der Waals surface area (Å²) in [6.45, 7) is 6.39. The molecular formula is C11H24N2O2. The fourth-order valence-corrected chi connectivity index (χ4v) is 1.20. The highest BCUT2D eigenvalue weighted by atomic mass is 16.3. The average molecular weight is 216 g/mol. The summed E-state index contributed by atoms with van der Waals surface area (Å²) < 4.78 is 0. The number of hydrogen-bond acceptors (Lipinski definition) is 3. The van der Waals surface area contributed by atoms with Crippen molar-refractivity contribution in [3.63, 3.8) is 0 Å². The van der Waals surface area contributed by atoms with Gasteiger partial charge in [-0.2, -0.15) is 0 Å². The lowest BCUT2D eigenvalue weighted by Gasteiger charge is -2.18. The quantitative estimate of drug-likeness (QED) is 0.584. The van der Waals surface area contributed by atoms with E-state index in [-0.39, 0.29) is 17.9 Å². The Kier molecular flexibility index (Phi) is 7.34. The SMILES string of the molecule is CCC(O)CCNC(=O)[C@@H](N)C(C)CC.